The van der Waals surface area contributed by atoms with Gasteiger partial charge >= 0.3 is 0 Å². The molecule has 11 aromatic rings. The van der Waals surface area contributed by atoms with Gasteiger partial charge in [0.1, 0.15) is 11.3 Å². The van der Waals surface area contributed by atoms with Gasteiger partial charge in [-0.05, 0) is 83.9 Å². The van der Waals surface area contributed by atoms with Crippen molar-refractivity contribution in [3.8, 4) is 56.4 Å². The van der Waals surface area contributed by atoms with Crippen molar-refractivity contribution in [2.24, 2.45) is 0 Å². The van der Waals surface area contributed by atoms with Crippen molar-refractivity contribution in [2.75, 3.05) is 0 Å². The van der Waals surface area contributed by atoms with E-state index in [1.54, 1.807) is 0 Å². The highest BCUT2D eigenvalue weighted by Crippen LogP contribution is 2.39. The Labute approximate surface area is 311 Å². The Hall–Kier alpha value is -7.44. The summed E-state index contributed by atoms with van der Waals surface area (Å²) in [5.41, 5.74) is 15.1. The van der Waals surface area contributed by atoms with E-state index < -0.39 is 0 Å². The Morgan fingerprint density at radius 1 is 0.352 bits per heavy atom. The topological polar surface area (TPSA) is 44.5 Å². The molecule has 54 heavy (non-hydrogen) atoms. The first-order valence-corrected chi connectivity index (χ1v) is 18.1. The number of imidazole rings is 2. The fraction of sp³-hybridized carbons (Fsp3) is 0. The molecular weight excluding hydrogens is 661 g/mol. The number of aromatic nitrogens is 6. The fourth-order valence-corrected chi connectivity index (χ4v) is 7.82. The van der Waals surface area contributed by atoms with Gasteiger partial charge in [0, 0.05) is 58.1 Å². The summed E-state index contributed by atoms with van der Waals surface area (Å²) in [6.45, 7) is 0. The van der Waals surface area contributed by atoms with Gasteiger partial charge in [-0.1, -0.05) is 97.1 Å². The van der Waals surface area contributed by atoms with Crippen LogP contribution in [0.4, 0.5) is 0 Å². The molecule has 6 heterocycles. The Bertz CT molecular complexity index is 2840. The summed E-state index contributed by atoms with van der Waals surface area (Å²) in [5, 5.41) is 2.34. The quantitative estimate of drug-likeness (QED) is 0.174. The number of hydrogen-bond donors (Lipinski definition) is 0. The summed E-state index contributed by atoms with van der Waals surface area (Å²) < 4.78 is 8.90. The zero-order valence-corrected chi connectivity index (χ0v) is 29.2. The third kappa shape index (κ3) is 4.96. The molecule has 6 nitrogen and oxygen atoms in total. The number of pyridine rings is 2. The summed E-state index contributed by atoms with van der Waals surface area (Å²) in [6.07, 6.45) is 8.24. The fourth-order valence-electron chi connectivity index (χ4n) is 7.82. The van der Waals surface area contributed by atoms with Crippen LogP contribution in [0, 0.1) is 0 Å². The molecule has 0 amide bonds. The van der Waals surface area contributed by atoms with Crippen LogP contribution in [-0.2, 0) is 0 Å². The van der Waals surface area contributed by atoms with E-state index in [2.05, 4.69) is 164 Å². The second kappa shape index (κ2) is 12.1. The van der Waals surface area contributed by atoms with E-state index in [4.69, 9.17) is 9.97 Å². The highest BCUT2D eigenvalue weighted by molar-refractivity contribution is 6.02. The van der Waals surface area contributed by atoms with Gasteiger partial charge in [-0.15, -0.1) is 0 Å². The van der Waals surface area contributed by atoms with E-state index in [0.29, 0.717) is 0 Å². The van der Waals surface area contributed by atoms with Crippen LogP contribution in [0.2, 0.25) is 0 Å². The van der Waals surface area contributed by atoms with Gasteiger partial charge in [0.05, 0.1) is 33.8 Å². The van der Waals surface area contributed by atoms with Gasteiger partial charge in [-0.25, -0.2) is 9.97 Å². The lowest BCUT2D eigenvalue weighted by Gasteiger charge is -2.13. The second-order valence-electron chi connectivity index (χ2n) is 13.7. The highest BCUT2D eigenvalue weighted by Gasteiger charge is 2.19. The summed E-state index contributed by atoms with van der Waals surface area (Å²) in [4.78, 5) is 9.73. The molecule has 0 saturated carbocycles. The standard InChI is InChI=1S/C48H32N6/c1-3-11-35(12-4-1)43-27-37-29-46-38(30-45(37)53(43)39-21-17-33(18-22-39)41-31-51-25-9-7-15-47(51)49-41)28-44(36-13-5-2-6-14-36)54(46)40-23-19-34(20-24-40)42-32-52-26-10-8-16-48(52)50-42/h1-32H. The Balaban J connectivity index is 1.08. The van der Waals surface area contributed by atoms with E-state index in [1.165, 1.54) is 10.8 Å². The molecule has 6 heteroatoms. The molecular formula is C48H32N6. The zero-order valence-electron chi connectivity index (χ0n) is 29.2. The molecule has 0 saturated heterocycles. The van der Waals surface area contributed by atoms with Gasteiger partial charge in [0.2, 0.25) is 0 Å². The molecule has 11 rings (SSSR count). The van der Waals surface area contributed by atoms with E-state index in [-0.39, 0.29) is 0 Å². The second-order valence-corrected chi connectivity index (χ2v) is 13.7. The minimum atomic E-state index is 0.938. The van der Waals surface area contributed by atoms with Crippen LogP contribution in [0.3, 0.4) is 0 Å². The van der Waals surface area contributed by atoms with Gasteiger partial charge in [0.15, 0.2) is 0 Å². The van der Waals surface area contributed by atoms with E-state index >= 15 is 0 Å². The average Bonchev–Trinajstić information content (AvgIpc) is 4.03. The average molecular weight is 693 g/mol. The number of hydrogen-bond acceptors (Lipinski definition) is 2. The largest absolute Gasteiger partial charge is 0.309 e. The third-order valence-corrected chi connectivity index (χ3v) is 10.4. The maximum absolute atomic E-state index is 4.86. The first kappa shape index (κ1) is 30.2. The monoisotopic (exact) mass is 692 g/mol. The number of rotatable bonds is 6. The lowest BCUT2D eigenvalue weighted by molar-refractivity contribution is 1.13. The summed E-state index contributed by atoms with van der Waals surface area (Å²) in [7, 11) is 0. The van der Waals surface area contributed by atoms with Crippen LogP contribution in [0.5, 0.6) is 0 Å². The van der Waals surface area contributed by atoms with Crippen molar-refractivity contribution in [1.29, 1.82) is 0 Å². The number of benzene rings is 5. The lowest BCUT2D eigenvalue weighted by Crippen LogP contribution is -1.98. The molecule has 0 bridgehead atoms. The number of nitrogens with zero attached hydrogens (tertiary/aromatic N) is 6. The molecule has 0 aliphatic rings. The molecule has 0 atom stereocenters. The Kier molecular flexibility index (Phi) is 6.75. The zero-order chi connectivity index (χ0) is 35.6. The third-order valence-electron chi connectivity index (χ3n) is 10.4. The molecule has 254 valence electrons. The van der Waals surface area contributed by atoms with Crippen molar-refractivity contribution >= 4 is 33.1 Å². The minimum absolute atomic E-state index is 0.938. The predicted molar refractivity (Wildman–Crippen MR) is 219 cm³/mol. The number of fused-ring (bicyclic) bond motifs is 4. The first-order chi connectivity index (χ1) is 26.7. The van der Waals surface area contributed by atoms with Crippen LogP contribution in [0.1, 0.15) is 0 Å². The van der Waals surface area contributed by atoms with Gasteiger partial charge < -0.3 is 17.9 Å². The maximum Gasteiger partial charge on any atom is 0.137 e. The lowest BCUT2D eigenvalue weighted by atomic mass is 10.1. The summed E-state index contributed by atoms with van der Waals surface area (Å²) in [6, 6.07) is 60.4. The normalized spacial score (nSPS) is 11.7. The molecule has 0 aliphatic carbocycles. The molecule has 0 unspecified atom stereocenters. The van der Waals surface area contributed by atoms with Gasteiger partial charge in [0.25, 0.3) is 0 Å². The van der Waals surface area contributed by atoms with Crippen molar-refractivity contribution in [2.45, 2.75) is 0 Å². The van der Waals surface area contributed by atoms with E-state index in [9.17, 15) is 0 Å². The molecule has 6 aromatic heterocycles. The van der Waals surface area contributed by atoms with Crippen LogP contribution >= 0.6 is 0 Å². The molecule has 0 spiro atoms. The SMILES string of the molecule is c1ccc(-c2cc3cc4c(cc(-c5ccccc5)n4-c4ccc(-c5cn6ccccc6n5)cc4)cc3n2-c2ccc(-c3cn4ccccc4n3)cc2)cc1. The Morgan fingerprint density at radius 3 is 1.17 bits per heavy atom. The van der Waals surface area contributed by atoms with E-state index in [0.717, 1.165) is 78.7 Å². The highest BCUT2D eigenvalue weighted by atomic mass is 15.0. The van der Waals surface area contributed by atoms with Gasteiger partial charge in [-0.3, -0.25) is 0 Å². The molecule has 0 fully saturated rings. The summed E-state index contributed by atoms with van der Waals surface area (Å²) in [5.74, 6) is 0. The maximum atomic E-state index is 4.86. The minimum Gasteiger partial charge on any atom is -0.309 e. The van der Waals surface area contributed by atoms with Gasteiger partial charge in [-0.2, -0.15) is 0 Å². The van der Waals surface area contributed by atoms with E-state index in [1.807, 2.05) is 48.8 Å². The van der Waals surface area contributed by atoms with Crippen molar-refractivity contribution in [3.63, 3.8) is 0 Å². The Morgan fingerprint density at radius 2 is 0.759 bits per heavy atom. The van der Waals surface area contributed by atoms with Crippen LogP contribution in [-0.4, -0.2) is 27.9 Å². The molecule has 0 radical (unpaired) electrons. The van der Waals surface area contributed by atoms with Crippen LogP contribution in [0.25, 0.3) is 89.5 Å². The van der Waals surface area contributed by atoms with Crippen molar-refractivity contribution in [1.82, 2.24) is 27.9 Å². The molecule has 0 N–H and O–H groups in total. The molecule has 0 aliphatic heterocycles. The first-order valence-electron chi connectivity index (χ1n) is 18.1. The predicted octanol–water partition coefficient (Wildman–Crippen LogP) is 11.5. The van der Waals surface area contributed by atoms with Crippen LogP contribution < -0.4 is 0 Å². The van der Waals surface area contributed by atoms with Crippen molar-refractivity contribution in [3.05, 3.63) is 195 Å². The molecule has 5 aromatic carbocycles. The smallest absolute Gasteiger partial charge is 0.137 e. The van der Waals surface area contributed by atoms with Crippen molar-refractivity contribution < 1.29 is 0 Å². The summed E-state index contributed by atoms with van der Waals surface area (Å²) >= 11 is 0. The van der Waals surface area contributed by atoms with Crippen LogP contribution in [0.15, 0.2) is 195 Å².